The van der Waals surface area contributed by atoms with Gasteiger partial charge in [-0.05, 0) is 42.8 Å². The van der Waals surface area contributed by atoms with Crippen LogP contribution in [0.1, 0.15) is 30.1 Å². The van der Waals surface area contributed by atoms with Crippen molar-refractivity contribution in [2.45, 2.75) is 19.8 Å². The first-order chi connectivity index (χ1) is 13.5. The molecule has 0 heterocycles. The van der Waals surface area contributed by atoms with Gasteiger partial charge < -0.3 is 14.8 Å². The van der Waals surface area contributed by atoms with Crippen LogP contribution < -0.4 is 15.4 Å². The smallest absolute Gasteiger partial charge is 0.338 e. The maximum absolute atomic E-state index is 13.4. The Hall–Kier alpha value is -3.42. The highest BCUT2D eigenvalue weighted by atomic mass is 19.1. The molecule has 7 nitrogen and oxygen atoms in total. The fourth-order valence-electron chi connectivity index (χ4n) is 2.11. The summed E-state index contributed by atoms with van der Waals surface area (Å²) < 4.78 is 23.8. The lowest BCUT2D eigenvalue weighted by atomic mass is 10.2. The predicted octanol–water partition coefficient (Wildman–Crippen LogP) is 3.51. The summed E-state index contributed by atoms with van der Waals surface area (Å²) in [6.07, 6.45) is 1.73. The highest BCUT2D eigenvalue weighted by Gasteiger charge is 2.11. The third-order valence-electron chi connectivity index (χ3n) is 3.57. The number of esters is 1. The summed E-state index contributed by atoms with van der Waals surface area (Å²) in [5.74, 6) is -1.41. The number of amides is 3. The third kappa shape index (κ3) is 6.71. The van der Waals surface area contributed by atoms with Gasteiger partial charge >= 0.3 is 12.0 Å². The van der Waals surface area contributed by atoms with Gasteiger partial charge in [0.25, 0.3) is 5.91 Å². The van der Waals surface area contributed by atoms with Crippen LogP contribution in [-0.4, -0.2) is 31.1 Å². The van der Waals surface area contributed by atoms with Crippen LogP contribution in [0.5, 0.6) is 5.75 Å². The number of unbranched alkanes of at least 4 members (excludes halogenated alkanes) is 1. The summed E-state index contributed by atoms with van der Waals surface area (Å²) in [6.45, 7) is 1.94. The number of rotatable bonds is 8. The van der Waals surface area contributed by atoms with E-state index in [1.807, 2.05) is 12.2 Å². The van der Waals surface area contributed by atoms with E-state index < -0.39 is 30.3 Å². The Morgan fingerprint density at radius 3 is 2.43 bits per heavy atom. The number of ether oxygens (including phenoxy) is 2. The largest absolute Gasteiger partial charge is 0.484 e. The molecule has 2 aromatic rings. The number of halogens is 1. The molecule has 148 valence electrons. The Bertz CT molecular complexity index is 824. The number of nitrogens with one attached hydrogen (secondary N) is 2. The number of para-hydroxylation sites is 1. The number of anilines is 1. The molecule has 0 aliphatic heterocycles. The molecule has 0 atom stereocenters. The molecule has 3 amide bonds. The lowest BCUT2D eigenvalue weighted by Crippen LogP contribution is -2.37. The molecule has 0 aliphatic carbocycles. The van der Waals surface area contributed by atoms with Crippen LogP contribution in [-0.2, 0) is 9.53 Å². The SMILES string of the molecule is CCCCOC(=O)c1ccc(OCC(=O)NC(=O)Nc2ccccc2F)cc1. The number of benzene rings is 2. The monoisotopic (exact) mass is 388 g/mol. The van der Waals surface area contributed by atoms with E-state index in [9.17, 15) is 18.8 Å². The molecule has 0 aliphatic rings. The topological polar surface area (TPSA) is 93.7 Å². The molecule has 2 rings (SSSR count). The van der Waals surface area contributed by atoms with Gasteiger partial charge in [-0.3, -0.25) is 10.1 Å². The van der Waals surface area contributed by atoms with E-state index in [4.69, 9.17) is 9.47 Å². The van der Waals surface area contributed by atoms with Crippen LogP contribution in [0.2, 0.25) is 0 Å². The Balaban J connectivity index is 1.77. The zero-order valence-corrected chi connectivity index (χ0v) is 15.4. The van der Waals surface area contributed by atoms with Crippen LogP contribution in [0, 0.1) is 5.82 Å². The zero-order chi connectivity index (χ0) is 20.4. The van der Waals surface area contributed by atoms with Crippen LogP contribution in [0.3, 0.4) is 0 Å². The number of hydrogen-bond acceptors (Lipinski definition) is 5. The summed E-state index contributed by atoms with van der Waals surface area (Å²) in [6, 6.07) is 10.8. The molecular weight excluding hydrogens is 367 g/mol. The van der Waals surface area contributed by atoms with Crippen molar-refractivity contribution in [3.8, 4) is 5.75 Å². The highest BCUT2D eigenvalue weighted by molar-refractivity contribution is 6.01. The number of imide groups is 1. The molecule has 2 aromatic carbocycles. The van der Waals surface area contributed by atoms with Gasteiger partial charge in [0.2, 0.25) is 0 Å². The lowest BCUT2D eigenvalue weighted by molar-refractivity contribution is -0.121. The zero-order valence-electron chi connectivity index (χ0n) is 15.4. The van der Waals surface area contributed by atoms with Gasteiger partial charge in [-0.1, -0.05) is 25.5 Å². The first-order valence-corrected chi connectivity index (χ1v) is 8.75. The molecule has 2 N–H and O–H groups in total. The van der Waals surface area contributed by atoms with Crippen LogP contribution in [0.15, 0.2) is 48.5 Å². The number of carbonyl (C=O) groups excluding carboxylic acids is 3. The van der Waals surface area contributed by atoms with Crippen LogP contribution in [0.25, 0.3) is 0 Å². The van der Waals surface area contributed by atoms with E-state index in [0.29, 0.717) is 17.9 Å². The van der Waals surface area contributed by atoms with E-state index in [1.165, 1.54) is 42.5 Å². The minimum atomic E-state index is -0.871. The van der Waals surface area contributed by atoms with E-state index in [-0.39, 0.29) is 5.69 Å². The molecule has 0 spiro atoms. The molecular formula is C20H21FN2O5. The first-order valence-electron chi connectivity index (χ1n) is 8.75. The average molecular weight is 388 g/mol. The average Bonchev–Trinajstić information content (AvgIpc) is 2.68. The second-order valence-electron chi connectivity index (χ2n) is 5.78. The van der Waals surface area contributed by atoms with Crippen LogP contribution >= 0.6 is 0 Å². The summed E-state index contributed by atoms with van der Waals surface area (Å²) in [7, 11) is 0. The van der Waals surface area contributed by atoms with Crippen molar-refractivity contribution < 1.29 is 28.2 Å². The van der Waals surface area contributed by atoms with Gasteiger partial charge in [0.15, 0.2) is 6.61 Å². The molecule has 0 radical (unpaired) electrons. The molecule has 0 fully saturated rings. The maximum Gasteiger partial charge on any atom is 0.338 e. The van der Waals surface area contributed by atoms with Gasteiger partial charge in [0.05, 0.1) is 17.9 Å². The first kappa shape index (κ1) is 20.9. The van der Waals surface area contributed by atoms with E-state index in [2.05, 4.69) is 5.32 Å². The minimum Gasteiger partial charge on any atom is -0.484 e. The van der Waals surface area contributed by atoms with Gasteiger partial charge in [-0.15, -0.1) is 0 Å². The molecule has 0 bridgehead atoms. The minimum absolute atomic E-state index is 0.0462. The fraction of sp³-hybridized carbons (Fsp3) is 0.250. The molecule has 28 heavy (non-hydrogen) atoms. The van der Waals surface area contributed by atoms with Gasteiger partial charge in [-0.25, -0.2) is 14.0 Å². The molecule has 8 heteroatoms. The second kappa shape index (κ2) is 10.7. The van der Waals surface area contributed by atoms with E-state index in [1.54, 1.807) is 6.07 Å². The molecule has 0 unspecified atom stereocenters. The summed E-state index contributed by atoms with van der Waals surface area (Å²) in [5.41, 5.74) is 0.326. The van der Waals surface area contributed by atoms with Gasteiger partial charge in [0, 0.05) is 0 Å². The summed E-state index contributed by atoms with van der Waals surface area (Å²) >= 11 is 0. The molecule has 0 saturated heterocycles. The lowest BCUT2D eigenvalue weighted by Gasteiger charge is -2.09. The van der Waals surface area contributed by atoms with E-state index >= 15 is 0 Å². The quantitative estimate of drug-likeness (QED) is 0.533. The van der Waals surface area contributed by atoms with Crippen molar-refractivity contribution in [1.29, 1.82) is 0 Å². The summed E-state index contributed by atoms with van der Waals surface area (Å²) in [4.78, 5) is 35.3. The standard InChI is InChI=1S/C20H21FN2O5/c1-2-3-12-27-19(25)14-8-10-15(11-9-14)28-13-18(24)23-20(26)22-17-7-5-4-6-16(17)21/h4-11H,2-3,12-13H2,1H3,(H2,22,23,24,26). The predicted molar refractivity (Wildman–Crippen MR) is 101 cm³/mol. The van der Waals surface area contributed by atoms with Crippen molar-refractivity contribution in [3.05, 3.63) is 59.9 Å². The Labute approximate surface area is 161 Å². The Morgan fingerprint density at radius 2 is 1.75 bits per heavy atom. The Kier molecular flexibility index (Phi) is 7.95. The highest BCUT2D eigenvalue weighted by Crippen LogP contribution is 2.14. The number of hydrogen-bond donors (Lipinski definition) is 2. The van der Waals surface area contributed by atoms with Crippen molar-refractivity contribution in [2.24, 2.45) is 0 Å². The molecule has 0 saturated carbocycles. The van der Waals surface area contributed by atoms with E-state index in [0.717, 1.165) is 12.8 Å². The normalized spacial score (nSPS) is 10.1. The van der Waals surface area contributed by atoms with Crippen LogP contribution in [0.4, 0.5) is 14.9 Å². The number of carbonyl (C=O) groups is 3. The Morgan fingerprint density at radius 1 is 1.04 bits per heavy atom. The summed E-state index contributed by atoms with van der Waals surface area (Å²) in [5, 5.41) is 4.26. The number of urea groups is 1. The van der Waals surface area contributed by atoms with Crippen molar-refractivity contribution >= 4 is 23.6 Å². The van der Waals surface area contributed by atoms with Crippen molar-refractivity contribution in [1.82, 2.24) is 5.32 Å². The van der Waals surface area contributed by atoms with Crippen molar-refractivity contribution in [3.63, 3.8) is 0 Å². The van der Waals surface area contributed by atoms with Gasteiger partial charge in [-0.2, -0.15) is 0 Å². The van der Waals surface area contributed by atoms with Gasteiger partial charge in [0.1, 0.15) is 11.6 Å². The molecule has 0 aromatic heterocycles. The van der Waals surface area contributed by atoms with Crippen molar-refractivity contribution in [2.75, 3.05) is 18.5 Å². The fourth-order valence-corrected chi connectivity index (χ4v) is 2.11. The maximum atomic E-state index is 13.4. The second-order valence-corrected chi connectivity index (χ2v) is 5.78. The third-order valence-corrected chi connectivity index (χ3v) is 3.57.